The number of carboxylic acid groups (broad SMARTS) is 1. The number of carbonyl (C=O) groups excluding carboxylic acids is 1. The van der Waals surface area contributed by atoms with Crippen LogP contribution < -0.4 is 5.32 Å². The molecule has 0 radical (unpaired) electrons. The summed E-state index contributed by atoms with van der Waals surface area (Å²) in [6, 6.07) is 8.68. The quantitative estimate of drug-likeness (QED) is 0.774. The van der Waals surface area contributed by atoms with E-state index in [4.69, 9.17) is 5.11 Å². The van der Waals surface area contributed by atoms with Gasteiger partial charge in [0.15, 0.2) is 0 Å². The van der Waals surface area contributed by atoms with E-state index in [1.165, 1.54) is 0 Å². The predicted molar refractivity (Wildman–Crippen MR) is 62.6 cm³/mol. The van der Waals surface area contributed by atoms with Gasteiger partial charge < -0.3 is 10.4 Å². The summed E-state index contributed by atoms with van der Waals surface area (Å²) >= 11 is 0. The van der Waals surface area contributed by atoms with Gasteiger partial charge in [-0.15, -0.1) is 0 Å². The average Bonchev–Trinajstić information content (AvgIpc) is 2.79. The smallest absolute Gasteiger partial charge is 0.310 e. The van der Waals surface area contributed by atoms with Crippen LogP contribution in [0.4, 0.5) is 0 Å². The highest BCUT2D eigenvalue weighted by molar-refractivity contribution is 5.94. The highest BCUT2D eigenvalue weighted by Gasteiger charge is 2.25. The number of benzene rings is 1. The van der Waals surface area contributed by atoms with Gasteiger partial charge >= 0.3 is 5.97 Å². The number of hydrogen-bond acceptors (Lipinski definition) is 2. The minimum atomic E-state index is -0.849. The Labute approximate surface area is 99.0 Å². The summed E-state index contributed by atoms with van der Waals surface area (Å²) in [5, 5.41) is 11.6. The molecule has 1 amide bonds. The van der Waals surface area contributed by atoms with Crippen molar-refractivity contribution in [3.8, 4) is 0 Å². The van der Waals surface area contributed by atoms with Gasteiger partial charge in [-0.3, -0.25) is 9.59 Å². The Morgan fingerprint density at radius 3 is 2.47 bits per heavy atom. The fourth-order valence-corrected chi connectivity index (χ4v) is 1.83. The number of carboxylic acids is 1. The zero-order valence-corrected chi connectivity index (χ0v) is 9.17. The predicted octanol–water partition coefficient (Wildman–Crippen LogP) is 1.45. The second kappa shape index (κ2) is 4.82. The van der Waals surface area contributed by atoms with Gasteiger partial charge in [0.1, 0.15) is 0 Å². The highest BCUT2D eigenvalue weighted by atomic mass is 16.4. The van der Waals surface area contributed by atoms with E-state index >= 15 is 0 Å². The Morgan fingerprint density at radius 1 is 1.18 bits per heavy atom. The SMILES string of the molecule is O=C(NC1C=C[C@H](C(=O)O)C1)c1ccccc1. The van der Waals surface area contributed by atoms with Gasteiger partial charge in [-0.1, -0.05) is 30.4 Å². The lowest BCUT2D eigenvalue weighted by Gasteiger charge is -2.11. The number of nitrogens with one attached hydrogen (secondary N) is 1. The maximum Gasteiger partial charge on any atom is 0.310 e. The fourth-order valence-electron chi connectivity index (χ4n) is 1.83. The molecule has 88 valence electrons. The van der Waals surface area contributed by atoms with E-state index in [1.807, 2.05) is 6.07 Å². The average molecular weight is 231 g/mol. The molecule has 0 heterocycles. The van der Waals surface area contributed by atoms with E-state index in [2.05, 4.69) is 5.32 Å². The lowest BCUT2D eigenvalue weighted by atomic mass is 10.1. The van der Waals surface area contributed by atoms with Gasteiger partial charge in [-0.05, 0) is 18.6 Å². The largest absolute Gasteiger partial charge is 0.481 e. The molecule has 17 heavy (non-hydrogen) atoms. The van der Waals surface area contributed by atoms with Crippen LogP contribution in [0, 0.1) is 5.92 Å². The molecule has 0 fully saturated rings. The number of rotatable bonds is 3. The molecule has 2 N–H and O–H groups in total. The summed E-state index contributed by atoms with van der Waals surface area (Å²) < 4.78 is 0. The first-order valence-corrected chi connectivity index (χ1v) is 5.44. The van der Waals surface area contributed by atoms with Crippen molar-refractivity contribution in [3.05, 3.63) is 48.0 Å². The molecule has 4 heteroatoms. The minimum Gasteiger partial charge on any atom is -0.481 e. The Balaban J connectivity index is 1.94. The maximum absolute atomic E-state index is 11.8. The fraction of sp³-hybridized carbons (Fsp3) is 0.231. The lowest BCUT2D eigenvalue weighted by molar-refractivity contribution is -0.140. The number of amides is 1. The van der Waals surface area contributed by atoms with Crippen LogP contribution in [0.25, 0.3) is 0 Å². The van der Waals surface area contributed by atoms with E-state index in [9.17, 15) is 9.59 Å². The van der Waals surface area contributed by atoms with Crippen LogP contribution in [0.15, 0.2) is 42.5 Å². The molecule has 0 spiro atoms. The lowest BCUT2D eigenvalue weighted by Crippen LogP contribution is -2.33. The van der Waals surface area contributed by atoms with E-state index in [0.717, 1.165) is 0 Å². The van der Waals surface area contributed by atoms with E-state index in [1.54, 1.807) is 36.4 Å². The van der Waals surface area contributed by atoms with Crippen LogP contribution in [-0.2, 0) is 4.79 Å². The number of carbonyl (C=O) groups is 2. The van der Waals surface area contributed by atoms with Crippen molar-refractivity contribution in [1.82, 2.24) is 5.32 Å². The van der Waals surface area contributed by atoms with E-state index < -0.39 is 11.9 Å². The molecule has 2 atom stereocenters. The van der Waals surface area contributed by atoms with Gasteiger partial charge in [0.2, 0.25) is 0 Å². The van der Waals surface area contributed by atoms with E-state index in [0.29, 0.717) is 12.0 Å². The van der Waals surface area contributed by atoms with Gasteiger partial charge in [-0.2, -0.15) is 0 Å². The van der Waals surface area contributed by atoms with Crippen molar-refractivity contribution in [1.29, 1.82) is 0 Å². The third kappa shape index (κ3) is 2.72. The molecule has 0 aliphatic heterocycles. The molecule has 0 bridgehead atoms. The number of aliphatic carboxylic acids is 1. The van der Waals surface area contributed by atoms with Gasteiger partial charge in [0, 0.05) is 11.6 Å². The topological polar surface area (TPSA) is 66.4 Å². The summed E-state index contributed by atoms with van der Waals surface area (Å²) in [5.41, 5.74) is 0.583. The molecular formula is C13H13NO3. The van der Waals surface area contributed by atoms with Crippen LogP contribution in [0.3, 0.4) is 0 Å². The standard InChI is InChI=1S/C13H13NO3/c15-12(9-4-2-1-3-5-9)14-11-7-6-10(8-11)13(16)17/h1-7,10-11H,8H2,(H,14,15)(H,16,17)/t10-,11?/m0/s1. The molecule has 4 nitrogen and oxygen atoms in total. The first-order chi connectivity index (χ1) is 8.16. The van der Waals surface area contributed by atoms with Crippen LogP contribution in [0.1, 0.15) is 16.8 Å². The second-order valence-corrected chi connectivity index (χ2v) is 4.01. The monoisotopic (exact) mass is 231 g/mol. The van der Waals surface area contributed by atoms with Crippen molar-refractivity contribution in [2.45, 2.75) is 12.5 Å². The molecule has 1 unspecified atom stereocenters. The zero-order valence-electron chi connectivity index (χ0n) is 9.17. The van der Waals surface area contributed by atoms with Crippen molar-refractivity contribution >= 4 is 11.9 Å². The summed E-state index contributed by atoms with van der Waals surface area (Å²) in [6.45, 7) is 0. The summed E-state index contributed by atoms with van der Waals surface area (Å²) in [4.78, 5) is 22.5. The summed E-state index contributed by atoms with van der Waals surface area (Å²) in [6.07, 6.45) is 3.78. The van der Waals surface area contributed by atoms with Crippen molar-refractivity contribution in [2.75, 3.05) is 0 Å². The Kier molecular flexibility index (Phi) is 3.23. The van der Waals surface area contributed by atoms with Crippen LogP contribution in [0.2, 0.25) is 0 Å². The Morgan fingerprint density at radius 2 is 1.88 bits per heavy atom. The zero-order chi connectivity index (χ0) is 12.3. The van der Waals surface area contributed by atoms with Crippen LogP contribution in [-0.4, -0.2) is 23.0 Å². The molecule has 0 saturated carbocycles. The highest BCUT2D eigenvalue weighted by Crippen LogP contribution is 2.18. The van der Waals surface area contributed by atoms with E-state index in [-0.39, 0.29) is 11.9 Å². The Hall–Kier alpha value is -2.10. The first kappa shape index (κ1) is 11.4. The van der Waals surface area contributed by atoms with Crippen LogP contribution in [0.5, 0.6) is 0 Å². The molecule has 0 saturated heterocycles. The third-order valence-corrected chi connectivity index (χ3v) is 2.75. The third-order valence-electron chi connectivity index (χ3n) is 2.75. The molecular weight excluding hydrogens is 218 g/mol. The molecule has 1 aliphatic carbocycles. The molecule has 1 aromatic rings. The molecule has 2 rings (SSSR count). The van der Waals surface area contributed by atoms with Crippen molar-refractivity contribution in [3.63, 3.8) is 0 Å². The van der Waals surface area contributed by atoms with Gasteiger partial charge in [-0.25, -0.2) is 0 Å². The normalized spacial score (nSPS) is 22.4. The summed E-state index contributed by atoms with van der Waals surface area (Å²) in [7, 11) is 0. The summed E-state index contributed by atoms with van der Waals surface area (Å²) in [5.74, 6) is -1.51. The Bertz CT molecular complexity index is 453. The number of hydrogen-bond donors (Lipinski definition) is 2. The first-order valence-electron chi connectivity index (χ1n) is 5.44. The molecule has 1 aromatic carbocycles. The van der Waals surface area contributed by atoms with Gasteiger partial charge in [0.05, 0.1) is 5.92 Å². The molecule has 1 aliphatic rings. The van der Waals surface area contributed by atoms with Crippen LogP contribution >= 0.6 is 0 Å². The molecule has 0 aromatic heterocycles. The van der Waals surface area contributed by atoms with Crippen molar-refractivity contribution < 1.29 is 14.7 Å². The maximum atomic E-state index is 11.8. The minimum absolute atomic E-state index is 0.175. The second-order valence-electron chi connectivity index (χ2n) is 4.01. The van der Waals surface area contributed by atoms with Crippen molar-refractivity contribution in [2.24, 2.45) is 5.92 Å². The van der Waals surface area contributed by atoms with Gasteiger partial charge in [0.25, 0.3) is 5.91 Å².